The van der Waals surface area contributed by atoms with Crippen LogP contribution in [0.5, 0.6) is 5.75 Å². The summed E-state index contributed by atoms with van der Waals surface area (Å²) < 4.78 is 45.9. The monoisotopic (exact) mass is 410 g/mol. The summed E-state index contributed by atoms with van der Waals surface area (Å²) in [6, 6.07) is 7.03. The molecule has 8 nitrogen and oxygen atoms in total. The number of anilines is 2. The maximum atomic E-state index is 12.8. The quantitative estimate of drug-likeness (QED) is 0.791. The number of urea groups is 1. The minimum atomic E-state index is -4.79. The number of carbonyl (C=O) groups excluding carboxylic acids is 2. The van der Waals surface area contributed by atoms with Crippen LogP contribution < -0.4 is 20.3 Å². The van der Waals surface area contributed by atoms with Crippen molar-refractivity contribution >= 4 is 23.4 Å². The van der Waals surface area contributed by atoms with Crippen molar-refractivity contribution < 1.29 is 32.2 Å². The highest BCUT2D eigenvalue weighted by Crippen LogP contribution is 2.28. The van der Waals surface area contributed by atoms with Crippen LogP contribution in [-0.2, 0) is 9.53 Å². The van der Waals surface area contributed by atoms with Gasteiger partial charge in [-0.15, -0.1) is 13.2 Å². The largest absolute Gasteiger partial charge is 0.573 e. The molecule has 1 aromatic carbocycles. The number of rotatable bonds is 5. The van der Waals surface area contributed by atoms with E-state index in [1.807, 2.05) is 0 Å². The van der Waals surface area contributed by atoms with Crippen LogP contribution >= 0.6 is 0 Å². The molecule has 2 heterocycles. The fraction of sp³-hybridized carbons (Fsp3) is 0.278. The number of ether oxygens (including phenoxy) is 2. The zero-order valence-corrected chi connectivity index (χ0v) is 15.2. The van der Waals surface area contributed by atoms with Gasteiger partial charge in [0.25, 0.3) is 0 Å². The lowest BCUT2D eigenvalue weighted by Crippen LogP contribution is -2.49. The maximum Gasteiger partial charge on any atom is 0.573 e. The average Bonchev–Trinajstić information content (AvgIpc) is 2.66. The fourth-order valence-corrected chi connectivity index (χ4v) is 2.80. The minimum absolute atomic E-state index is 0.0559. The van der Waals surface area contributed by atoms with Crippen LogP contribution in [0.15, 0.2) is 42.6 Å². The fourth-order valence-electron chi connectivity index (χ4n) is 2.80. The van der Waals surface area contributed by atoms with Crippen molar-refractivity contribution in [2.45, 2.75) is 12.4 Å². The van der Waals surface area contributed by atoms with Gasteiger partial charge in [0.1, 0.15) is 12.3 Å². The Kier molecular flexibility index (Phi) is 5.87. The first kappa shape index (κ1) is 20.4. The molecule has 0 radical (unpaired) electrons. The predicted molar refractivity (Wildman–Crippen MR) is 96.5 cm³/mol. The van der Waals surface area contributed by atoms with Gasteiger partial charge in [-0.05, 0) is 29.8 Å². The van der Waals surface area contributed by atoms with Crippen LogP contribution in [0.3, 0.4) is 0 Å². The summed E-state index contributed by atoms with van der Waals surface area (Å²) in [5.74, 6) is -0.471. The highest BCUT2D eigenvalue weighted by Gasteiger charge is 2.32. The predicted octanol–water partition coefficient (Wildman–Crippen LogP) is 2.84. The second-order valence-corrected chi connectivity index (χ2v) is 6.08. The highest BCUT2D eigenvalue weighted by atomic mass is 19.4. The van der Waals surface area contributed by atoms with Crippen LogP contribution in [0.4, 0.5) is 29.5 Å². The smallest absolute Gasteiger partial charge is 0.406 e. The van der Waals surface area contributed by atoms with E-state index in [0.717, 1.165) is 12.1 Å². The van der Waals surface area contributed by atoms with Gasteiger partial charge in [-0.2, -0.15) is 0 Å². The number of aromatic nitrogens is 1. The Labute approximate surface area is 163 Å². The number of methoxy groups -OCH3 is 1. The molecule has 1 aromatic heterocycles. The van der Waals surface area contributed by atoms with E-state index in [9.17, 15) is 22.8 Å². The average molecular weight is 410 g/mol. The number of fused-ring (bicyclic) bond motifs is 1. The van der Waals surface area contributed by atoms with Crippen molar-refractivity contribution in [3.63, 3.8) is 0 Å². The number of carbonyl (C=O) groups is 2. The van der Waals surface area contributed by atoms with Crippen LogP contribution in [0, 0.1) is 0 Å². The number of nitrogens with zero attached hydrogens (tertiary/aromatic N) is 2. The van der Waals surface area contributed by atoms with Crippen molar-refractivity contribution in [3.8, 4) is 5.75 Å². The first-order valence-corrected chi connectivity index (χ1v) is 8.44. The highest BCUT2D eigenvalue weighted by molar-refractivity contribution is 6.08. The topological polar surface area (TPSA) is 92.8 Å². The van der Waals surface area contributed by atoms with Crippen LogP contribution in [0.2, 0.25) is 0 Å². The Morgan fingerprint density at radius 2 is 2.03 bits per heavy atom. The first-order chi connectivity index (χ1) is 13.8. The molecule has 1 aliphatic rings. The second-order valence-electron chi connectivity index (χ2n) is 6.08. The Balaban J connectivity index is 1.77. The third-order valence-electron chi connectivity index (χ3n) is 4.01. The standard InChI is InChI=1S/C18H17F3N4O4/c1-28-10-14(11-4-6-12(7-5-11)29-18(19,20)21)24-17(27)25-9-15(26)23-13-3-2-8-22-16(13)25/h2-8,14H,9-10H2,1H3,(H,23,26)(H,24,27)/t14-/m1/s1. The molecule has 0 spiro atoms. The molecule has 2 aromatic rings. The molecular formula is C18H17F3N4O4. The van der Waals surface area contributed by atoms with Gasteiger partial charge in [0.2, 0.25) is 5.91 Å². The molecule has 1 atom stereocenters. The van der Waals surface area contributed by atoms with E-state index in [2.05, 4.69) is 20.4 Å². The Morgan fingerprint density at radius 3 is 2.69 bits per heavy atom. The molecule has 3 rings (SSSR count). The summed E-state index contributed by atoms with van der Waals surface area (Å²) in [5, 5.41) is 5.34. The van der Waals surface area contributed by atoms with Crippen molar-refractivity contribution in [2.75, 3.05) is 30.5 Å². The first-order valence-electron chi connectivity index (χ1n) is 8.44. The molecule has 2 N–H and O–H groups in total. The molecule has 1 aliphatic heterocycles. The lowest BCUT2D eigenvalue weighted by atomic mass is 10.1. The van der Waals surface area contributed by atoms with Gasteiger partial charge in [0.05, 0.1) is 18.3 Å². The zero-order valence-electron chi connectivity index (χ0n) is 15.2. The number of benzene rings is 1. The molecular weight excluding hydrogens is 393 g/mol. The van der Waals surface area contributed by atoms with Gasteiger partial charge in [-0.1, -0.05) is 12.1 Å². The minimum Gasteiger partial charge on any atom is -0.406 e. The second kappa shape index (κ2) is 8.35. The van der Waals surface area contributed by atoms with E-state index in [0.29, 0.717) is 11.3 Å². The SMILES string of the molecule is COC[C@@H](NC(=O)N1CC(=O)Nc2cccnc21)c1ccc(OC(F)(F)F)cc1. The molecule has 0 saturated heterocycles. The zero-order chi connectivity index (χ0) is 21.0. The molecule has 0 bridgehead atoms. The number of hydrogen-bond donors (Lipinski definition) is 2. The summed E-state index contributed by atoms with van der Waals surface area (Å²) >= 11 is 0. The van der Waals surface area contributed by atoms with E-state index in [1.165, 1.54) is 30.3 Å². The van der Waals surface area contributed by atoms with Gasteiger partial charge >= 0.3 is 12.4 Å². The van der Waals surface area contributed by atoms with E-state index >= 15 is 0 Å². The molecule has 0 fully saturated rings. The van der Waals surface area contributed by atoms with Crippen LogP contribution in [0.1, 0.15) is 11.6 Å². The van der Waals surface area contributed by atoms with Crippen LogP contribution in [0.25, 0.3) is 0 Å². The number of amides is 3. The summed E-state index contributed by atoms with van der Waals surface area (Å²) in [6.07, 6.45) is -3.31. The summed E-state index contributed by atoms with van der Waals surface area (Å²) in [4.78, 5) is 30.0. The molecule has 3 amide bonds. The molecule has 154 valence electrons. The van der Waals surface area contributed by atoms with Crippen LogP contribution in [-0.4, -0.2) is 43.5 Å². The molecule has 0 aliphatic carbocycles. The molecule has 0 saturated carbocycles. The Bertz CT molecular complexity index is 889. The molecule has 11 heteroatoms. The summed E-state index contributed by atoms with van der Waals surface area (Å²) in [5.41, 5.74) is 0.897. The van der Waals surface area contributed by atoms with Gasteiger partial charge < -0.3 is 20.1 Å². The maximum absolute atomic E-state index is 12.8. The number of pyridine rings is 1. The van der Waals surface area contributed by atoms with E-state index in [-0.39, 0.29) is 30.6 Å². The van der Waals surface area contributed by atoms with Gasteiger partial charge in [-0.25, -0.2) is 9.78 Å². The number of nitrogens with one attached hydrogen (secondary N) is 2. The normalized spacial score (nSPS) is 14.6. The lowest BCUT2D eigenvalue weighted by molar-refractivity contribution is -0.274. The van der Waals surface area contributed by atoms with E-state index in [1.54, 1.807) is 12.1 Å². The van der Waals surface area contributed by atoms with E-state index in [4.69, 9.17) is 4.74 Å². The van der Waals surface area contributed by atoms with Gasteiger partial charge in [0, 0.05) is 13.3 Å². The summed E-state index contributed by atoms with van der Waals surface area (Å²) in [7, 11) is 1.42. The van der Waals surface area contributed by atoms with E-state index < -0.39 is 18.4 Å². The third kappa shape index (κ3) is 5.13. The number of alkyl halides is 3. The lowest BCUT2D eigenvalue weighted by Gasteiger charge is -2.29. The Morgan fingerprint density at radius 1 is 1.31 bits per heavy atom. The Hall–Kier alpha value is -3.34. The third-order valence-corrected chi connectivity index (χ3v) is 4.01. The summed E-state index contributed by atoms with van der Waals surface area (Å²) in [6.45, 7) is -0.172. The van der Waals surface area contributed by atoms with Crippen molar-refractivity contribution in [1.29, 1.82) is 0 Å². The van der Waals surface area contributed by atoms with Crippen molar-refractivity contribution in [1.82, 2.24) is 10.3 Å². The molecule has 0 unspecified atom stereocenters. The number of hydrogen-bond acceptors (Lipinski definition) is 5. The van der Waals surface area contributed by atoms with Crippen molar-refractivity contribution in [2.24, 2.45) is 0 Å². The number of halogens is 3. The van der Waals surface area contributed by atoms with Gasteiger partial charge in [-0.3, -0.25) is 9.69 Å². The molecule has 29 heavy (non-hydrogen) atoms. The van der Waals surface area contributed by atoms with Crippen molar-refractivity contribution in [3.05, 3.63) is 48.2 Å². The van der Waals surface area contributed by atoms with Gasteiger partial charge in [0.15, 0.2) is 5.82 Å².